The van der Waals surface area contributed by atoms with Gasteiger partial charge in [-0.3, -0.25) is 10.2 Å². The second kappa shape index (κ2) is 8.73. The van der Waals surface area contributed by atoms with Crippen LogP contribution in [0.4, 0.5) is 5.69 Å². The van der Waals surface area contributed by atoms with Gasteiger partial charge in [0, 0.05) is 18.8 Å². The number of sulfone groups is 1. The van der Waals surface area contributed by atoms with E-state index >= 15 is 0 Å². The van der Waals surface area contributed by atoms with Crippen LogP contribution in [-0.4, -0.2) is 53.6 Å². The highest BCUT2D eigenvalue weighted by Gasteiger charge is 2.39. The fraction of sp³-hybridized carbons (Fsp3) is 0.400. The number of thioether (sulfide) groups is 1. The van der Waals surface area contributed by atoms with E-state index in [1.807, 2.05) is 24.3 Å². The molecule has 0 bridgehead atoms. The third kappa shape index (κ3) is 4.49. The van der Waals surface area contributed by atoms with Gasteiger partial charge in [0.05, 0.1) is 11.3 Å². The van der Waals surface area contributed by atoms with E-state index in [-0.39, 0.29) is 32.6 Å². The molecule has 0 fully saturated rings. The standard InChI is InChI=1S/C20H25N5O3S2/c1-5-24(6-2)15-9-7-14(8-10-15)11-16-17(21)25-19(22-18(16)26)29-20(23-25)30(27,28)12-13(3)4/h7-11,13,21H,5-6,12H2,1-4H3/b16-11-,21-17?. The Labute approximate surface area is 181 Å². The zero-order valence-corrected chi connectivity index (χ0v) is 19.0. The molecule has 1 aromatic rings. The van der Waals surface area contributed by atoms with Crippen molar-refractivity contribution in [1.82, 2.24) is 5.01 Å². The molecule has 0 saturated heterocycles. The molecule has 2 aliphatic rings. The van der Waals surface area contributed by atoms with Crippen LogP contribution in [0.15, 0.2) is 39.9 Å². The molecule has 0 aliphatic carbocycles. The number of hydrogen-bond acceptors (Lipinski definition) is 7. The van der Waals surface area contributed by atoms with Gasteiger partial charge in [-0.2, -0.15) is 10.0 Å². The van der Waals surface area contributed by atoms with Gasteiger partial charge in [0.1, 0.15) is 0 Å². The van der Waals surface area contributed by atoms with Gasteiger partial charge in [0.2, 0.25) is 19.4 Å². The summed E-state index contributed by atoms with van der Waals surface area (Å²) in [6.07, 6.45) is 1.58. The van der Waals surface area contributed by atoms with Crippen molar-refractivity contribution in [2.24, 2.45) is 16.0 Å². The number of hydrogen-bond donors (Lipinski definition) is 1. The number of nitrogens with one attached hydrogen (secondary N) is 1. The van der Waals surface area contributed by atoms with Crippen LogP contribution in [0.1, 0.15) is 33.3 Å². The van der Waals surface area contributed by atoms with Crippen LogP contribution in [0.3, 0.4) is 0 Å². The van der Waals surface area contributed by atoms with Gasteiger partial charge < -0.3 is 4.90 Å². The second-order valence-corrected chi connectivity index (χ2v) is 10.5. The highest BCUT2D eigenvalue weighted by Crippen LogP contribution is 2.31. The van der Waals surface area contributed by atoms with E-state index in [1.54, 1.807) is 19.9 Å². The van der Waals surface area contributed by atoms with E-state index in [4.69, 9.17) is 5.41 Å². The molecule has 0 aromatic heterocycles. The quantitative estimate of drug-likeness (QED) is 0.671. The molecule has 0 spiro atoms. The van der Waals surface area contributed by atoms with E-state index in [2.05, 4.69) is 28.8 Å². The molecular weight excluding hydrogens is 422 g/mol. The Morgan fingerprint density at radius 3 is 2.40 bits per heavy atom. The van der Waals surface area contributed by atoms with Crippen molar-refractivity contribution in [2.75, 3.05) is 23.7 Å². The number of amides is 1. The number of amidine groups is 2. The number of rotatable bonds is 6. The maximum absolute atomic E-state index is 12.5. The first-order valence-electron chi connectivity index (χ1n) is 9.74. The summed E-state index contributed by atoms with van der Waals surface area (Å²) in [7, 11) is -3.59. The van der Waals surface area contributed by atoms with Crippen molar-refractivity contribution < 1.29 is 13.2 Å². The predicted octanol–water partition coefficient (Wildman–Crippen LogP) is 3.18. The first kappa shape index (κ1) is 22.2. The van der Waals surface area contributed by atoms with Crippen LogP contribution in [-0.2, 0) is 14.6 Å². The summed E-state index contributed by atoms with van der Waals surface area (Å²) in [5.41, 5.74) is 1.90. The minimum Gasteiger partial charge on any atom is -0.372 e. The summed E-state index contributed by atoms with van der Waals surface area (Å²) >= 11 is 0.813. The van der Waals surface area contributed by atoms with E-state index in [9.17, 15) is 13.2 Å². The third-order valence-electron chi connectivity index (χ3n) is 4.59. The summed E-state index contributed by atoms with van der Waals surface area (Å²) < 4.78 is 24.8. The maximum Gasteiger partial charge on any atom is 0.283 e. The molecule has 2 heterocycles. The number of hydrazone groups is 1. The van der Waals surface area contributed by atoms with Crippen molar-refractivity contribution in [3.05, 3.63) is 35.4 Å². The minimum atomic E-state index is -3.59. The average Bonchev–Trinajstić information content (AvgIpc) is 3.11. The Bertz CT molecular complexity index is 1050. The average molecular weight is 448 g/mol. The Kier molecular flexibility index (Phi) is 6.47. The number of anilines is 1. The topological polar surface area (TPSA) is 106 Å². The molecule has 30 heavy (non-hydrogen) atoms. The van der Waals surface area contributed by atoms with Gasteiger partial charge in [-0.05, 0) is 55.3 Å². The van der Waals surface area contributed by atoms with Gasteiger partial charge in [-0.15, -0.1) is 5.10 Å². The summed E-state index contributed by atoms with van der Waals surface area (Å²) in [5, 5.41) is 13.7. The molecule has 0 unspecified atom stereocenters. The van der Waals surface area contributed by atoms with E-state index in [0.717, 1.165) is 41.1 Å². The largest absolute Gasteiger partial charge is 0.372 e. The Morgan fingerprint density at radius 2 is 1.83 bits per heavy atom. The smallest absolute Gasteiger partial charge is 0.283 e. The van der Waals surface area contributed by atoms with Gasteiger partial charge in [-0.25, -0.2) is 8.42 Å². The molecule has 2 aliphatic heterocycles. The van der Waals surface area contributed by atoms with Crippen molar-refractivity contribution >= 4 is 54.6 Å². The molecule has 0 radical (unpaired) electrons. The van der Waals surface area contributed by atoms with E-state index in [0.29, 0.717) is 0 Å². The lowest BCUT2D eigenvalue weighted by Gasteiger charge is -2.21. The zero-order chi connectivity index (χ0) is 22.1. The monoisotopic (exact) mass is 447 g/mol. The molecule has 1 aromatic carbocycles. The predicted molar refractivity (Wildman–Crippen MR) is 124 cm³/mol. The lowest BCUT2D eigenvalue weighted by atomic mass is 10.1. The van der Waals surface area contributed by atoms with Crippen LogP contribution in [0.2, 0.25) is 0 Å². The normalized spacial score (nSPS) is 18.0. The molecule has 0 saturated carbocycles. The van der Waals surface area contributed by atoms with Crippen molar-refractivity contribution in [3.8, 4) is 0 Å². The Hall–Kier alpha value is -2.46. The summed E-state index contributed by atoms with van der Waals surface area (Å²) in [4.78, 5) is 18.7. The first-order chi connectivity index (χ1) is 14.2. The fourth-order valence-electron chi connectivity index (χ4n) is 3.15. The summed E-state index contributed by atoms with van der Waals surface area (Å²) in [6.45, 7) is 9.57. The highest BCUT2D eigenvalue weighted by atomic mass is 32.3. The van der Waals surface area contributed by atoms with E-state index in [1.165, 1.54) is 0 Å². The lowest BCUT2D eigenvalue weighted by molar-refractivity contribution is -0.114. The number of benzene rings is 1. The summed E-state index contributed by atoms with van der Waals surface area (Å²) in [5.74, 6) is -0.874. The molecule has 1 amide bonds. The van der Waals surface area contributed by atoms with E-state index < -0.39 is 15.7 Å². The Morgan fingerprint density at radius 1 is 1.20 bits per heavy atom. The number of fused-ring (bicyclic) bond motifs is 1. The van der Waals surface area contributed by atoms with Crippen molar-refractivity contribution in [1.29, 1.82) is 5.41 Å². The SMILES string of the molecule is CCN(CC)c1ccc(/C=C2/C(=N)N3N=C(S(=O)(=O)CC(C)C)SC3=NC2=O)cc1. The van der Waals surface area contributed by atoms with Crippen LogP contribution >= 0.6 is 11.8 Å². The van der Waals surface area contributed by atoms with Gasteiger partial charge in [0.25, 0.3) is 5.91 Å². The minimum absolute atomic E-state index is 0.0528. The second-order valence-electron chi connectivity index (χ2n) is 7.33. The van der Waals surface area contributed by atoms with Crippen LogP contribution in [0.5, 0.6) is 0 Å². The summed E-state index contributed by atoms with van der Waals surface area (Å²) in [6, 6.07) is 7.68. The third-order valence-corrected chi connectivity index (χ3v) is 8.02. The molecule has 0 atom stereocenters. The molecule has 3 rings (SSSR count). The van der Waals surface area contributed by atoms with Crippen LogP contribution in [0.25, 0.3) is 6.08 Å². The van der Waals surface area contributed by atoms with Crippen LogP contribution in [0, 0.1) is 11.3 Å². The molecule has 160 valence electrons. The lowest BCUT2D eigenvalue weighted by Crippen LogP contribution is -2.35. The fourth-order valence-corrected chi connectivity index (χ4v) is 5.93. The van der Waals surface area contributed by atoms with Gasteiger partial charge >= 0.3 is 0 Å². The molecule has 1 N–H and O–H groups in total. The van der Waals surface area contributed by atoms with Crippen molar-refractivity contribution in [3.63, 3.8) is 0 Å². The first-order valence-corrected chi connectivity index (χ1v) is 12.2. The number of carbonyl (C=O) groups is 1. The van der Waals surface area contributed by atoms with Crippen molar-refractivity contribution in [2.45, 2.75) is 27.7 Å². The number of nitrogens with zero attached hydrogens (tertiary/aromatic N) is 4. The Balaban J connectivity index is 1.88. The number of aliphatic imine (C=N–C) groups is 1. The van der Waals surface area contributed by atoms with Gasteiger partial charge in [-0.1, -0.05) is 26.0 Å². The molecule has 10 heteroatoms. The molecular formula is C20H25N5O3S2. The number of carbonyl (C=O) groups excluding carboxylic acids is 1. The zero-order valence-electron chi connectivity index (χ0n) is 17.4. The highest BCUT2D eigenvalue weighted by molar-refractivity contribution is 8.42. The maximum atomic E-state index is 12.5. The van der Waals surface area contributed by atoms with Gasteiger partial charge in [0.15, 0.2) is 5.84 Å². The molecule has 8 nitrogen and oxygen atoms in total. The van der Waals surface area contributed by atoms with Crippen LogP contribution < -0.4 is 4.90 Å².